The van der Waals surface area contributed by atoms with E-state index < -0.39 is 0 Å². The lowest BCUT2D eigenvalue weighted by atomic mass is 9.90. The molecular weight excluding hydrogens is 368 g/mol. The number of rotatable bonds is 7. The van der Waals surface area contributed by atoms with E-state index in [1.54, 1.807) is 4.68 Å². The fourth-order valence-corrected chi connectivity index (χ4v) is 3.73. The highest BCUT2D eigenvalue weighted by Gasteiger charge is 2.34. The maximum Gasteiger partial charge on any atom is 0.257 e. The van der Waals surface area contributed by atoms with Crippen LogP contribution in [0.1, 0.15) is 29.8 Å². The minimum Gasteiger partial charge on any atom is -0.355 e. The molecule has 8 heteroatoms. The molecule has 0 unspecified atom stereocenters. The SMILES string of the molecule is CCc1noc(-c2ccc(CCNC(=O)[C@H]3CNC[C@@H]3c3cnn(C)c3)cc2)n1. The van der Waals surface area contributed by atoms with Crippen LogP contribution in [0.5, 0.6) is 0 Å². The molecule has 1 saturated heterocycles. The van der Waals surface area contributed by atoms with Crippen molar-refractivity contribution >= 4 is 5.91 Å². The Morgan fingerprint density at radius 1 is 1.31 bits per heavy atom. The zero-order valence-electron chi connectivity index (χ0n) is 16.8. The van der Waals surface area contributed by atoms with Crippen molar-refractivity contribution in [2.45, 2.75) is 25.7 Å². The highest BCUT2D eigenvalue weighted by atomic mass is 16.5. The lowest BCUT2D eigenvalue weighted by Gasteiger charge is -2.17. The summed E-state index contributed by atoms with van der Waals surface area (Å²) in [6.45, 7) is 4.10. The van der Waals surface area contributed by atoms with Gasteiger partial charge >= 0.3 is 0 Å². The van der Waals surface area contributed by atoms with E-state index in [2.05, 4.69) is 25.9 Å². The molecule has 152 valence electrons. The zero-order valence-corrected chi connectivity index (χ0v) is 16.8. The summed E-state index contributed by atoms with van der Waals surface area (Å²) < 4.78 is 7.05. The fraction of sp³-hybridized carbons (Fsp3) is 0.429. The number of nitrogens with zero attached hydrogens (tertiary/aromatic N) is 4. The molecule has 29 heavy (non-hydrogen) atoms. The van der Waals surface area contributed by atoms with Crippen LogP contribution in [0.4, 0.5) is 0 Å². The Hall–Kier alpha value is -3.00. The first kappa shape index (κ1) is 19.3. The lowest BCUT2D eigenvalue weighted by molar-refractivity contribution is -0.124. The molecule has 4 rings (SSSR count). The van der Waals surface area contributed by atoms with Gasteiger partial charge in [-0.25, -0.2) is 0 Å². The summed E-state index contributed by atoms with van der Waals surface area (Å²) in [5.41, 5.74) is 3.17. The van der Waals surface area contributed by atoms with Crippen LogP contribution in [0.25, 0.3) is 11.5 Å². The number of carbonyl (C=O) groups excluding carboxylic acids is 1. The molecule has 1 fully saturated rings. The number of hydrogen-bond donors (Lipinski definition) is 2. The zero-order chi connectivity index (χ0) is 20.2. The van der Waals surface area contributed by atoms with Crippen molar-refractivity contribution in [2.75, 3.05) is 19.6 Å². The summed E-state index contributed by atoms with van der Waals surface area (Å²) in [6.07, 6.45) is 5.37. The lowest BCUT2D eigenvalue weighted by Crippen LogP contribution is -2.35. The highest BCUT2D eigenvalue weighted by Crippen LogP contribution is 2.27. The van der Waals surface area contributed by atoms with Crippen LogP contribution >= 0.6 is 0 Å². The van der Waals surface area contributed by atoms with Gasteiger partial charge < -0.3 is 15.2 Å². The van der Waals surface area contributed by atoms with Gasteiger partial charge in [0, 0.05) is 50.8 Å². The summed E-state index contributed by atoms with van der Waals surface area (Å²) in [6, 6.07) is 8.02. The van der Waals surface area contributed by atoms with Crippen LogP contribution in [0.3, 0.4) is 0 Å². The third kappa shape index (κ3) is 4.37. The Balaban J connectivity index is 1.30. The number of benzene rings is 1. The van der Waals surface area contributed by atoms with Gasteiger partial charge in [-0.1, -0.05) is 24.2 Å². The summed E-state index contributed by atoms with van der Waals surface area (Å²) in [5.74, 6) is 1.45. The van der Waals surface area contributed by atoms with Gasteiger partial charge in [0.05, 0.1) is 12.1 Å². The summed E-state index contributed by atoms with van der Waals surface area (Å²) in [4.78, 5) is 17.0. The number of carbonyl (C=O) groups is 1. The molecule has 0 radical (unpaired) electrons. The van der Waals surface area contributed by atoms with Gasteiger partial charge in [0.15, 0.2) is 5.82 Å². The molecule has 3 aromatic rings. The number of aromatic nitrogens is 4. The van der Waals surface area contributed by atoms with E-state index in [0.29, 0.717) is 24.8 Å². The second kappa shape index (κ2) is 8.57. The van der Waals surface area contributed by atoms with E-state index in [9.17, 15) is 4.79 Å². The largest absolute Gasteiger partial charge is 0.355 e. The van der Waals surface area contributed by atoms with Gasteiger partial charge in [-0.2, -0.15) is 10.1 Å². The van der Waals surface area contributed by atoms with Gasteiger partial charge in [0.1, 0.15) is 0 Å². The predicted octanol–water partition coefficient (Wildman–Crippen LogP) is 1.69. The van der Waals surface area contributed by atoms with Crippen molar-refractivity contribution < 1.29 is 9.32 Å². The van der Waals surface area contributed by atoms with E-state index in [1.165, 1.54) is 0 Å². The normalized spacial score (nSPS) is 18.8. The van der Waals surface area contributed by atoms with Crippen LogP contribution in [-0.2, 0) is 24.7 Å². The maximum atomic E-state index is 12.7. The summed E-state index contributed by atoms with van der Waals surface area (Å²) in [7, 11) is 1.90. The standard InChI is InChI=1S/C21H26N6O2/c1-3-19-25-21(29-26-19)15-6-4-14(5-7-15)8-9-23-20(28)18-12-22-11-17(18)16-10-24-27(2)13-16/h4-7,10,13,17-18,22H,3,8-9,11-12H2,1-2H3,(H,23,28)/t17-,18+/m1/s1. The molecule has 2 N–H and O–H groups in total. The molecule has 1 aliphatic heterocycles. The first-order chi connectivity index (χ1) is 14.1. The van der Waals surface area contributed by atoms with Gasteiger partial charge in [-0.15, -0.1) is 0 Å². The topological polar surface area (TPSA) is 97.9 Å². The molecule has 0 aliphatic carbocycles. The second-order valence-electron chi connectivity index (χ2n) is 7.43. The van der Waals surface area contributed by atoms with E-state index in [1.807, 2.05) is 50.6 Å². The summed E-state index contributed by atoms with van der Waals surface area (Å²) in [5, 5.41) is 14.6. The van der Waals surface area contributed by atoms with Gasteiger partial charge in [0.25, 0.3) is 5.89 Å². The second-order valence-corrected chi connectivity index (χ2v) is 7.43. The molecular formula is C21H26N6O2. The Morgan fingerprint density at radius 3 is 2.83 bits per heavy atom. The van der Waals surface area contributed by atoms with E-state index in [4.69, 9.17) is 4.52 Å². The average molecular weight is 394 g/mol. The molecule has 1 aromatic carbocycles. The minimum atomic E-state index is -0.0631. The molecule has 0 bridgehead atoms. The van der Waals surface area contributed by atoms with Crippen molar-refractivity contribution in [1.29, 1.82) is 0 Å². The van der Waals surface area contributed by atoms with Crippen molar-refractivity contribution in [3.8, 4) is 11.5 Å². The van der Waals surface area contributed by atoms with Crippen LogP contribution in [-0.4, -0.2) is 45.5 Å². The quantitative estimate of drug-likeness (QED) is 0.633. The molecule has 2 aromatic heterocycles. The highest BCUT2D eigenvalue weighted by molar-refractivity contribution is 5.80. The average Bonchev–Trinajstić information content (AvgIpc) is 3.48. The van der Waals surface area contributed by atoms with Crippen molar-refractivity contribution in [2.24, 2.45) is 13.0 Å². The minimum absolute atomic E-state index is 0.0631. The molecule has 3 heterocycles. The smallest absolute Gasteiger partial charge is 0.257 e. The molecule has 0 spiro atoms. The fourth-order valence-electron chi connectivity index (χ4n) is 3.73. The molecule has 1 aliphatic rings. The van der Waals surface area contributed by atoms with Crippen molar-refractivity contribution in [3.63, 3.8) is 0 Å². The number of hydrogen-bond acceptors (Lipinski definition) is 6. The van der Waals surface area contributed by atoms with Crippen molar-refractivity contribution in [1.82, 2.24) is 30.6 Å². The Morgan fingerprint density at radius 2 is 2.14 bits per heavy atom. The predicted molar refractivity (Wildman–Crippen MR) is 108 cm³/mol. The van der Waals surface area contributed by atoms with E-state index in [0.717, 1.165) is 36.1 Å². The van der Waals surface area contributed by atoms with Crippen LogP contribution < -0.4 is 10.6 Å². The molecule has 1 amide bonds. The Labute approximate surface area is 169 Å². The van der Waals surface area contributed by atoms with Crippen LogP contribution in [0.15, 0.2) is 41.2 Å². The van der Waals surface area contributed by atoms with Crippen LogP contribution in [0, 0.1) is 5.92 Å². The third-order valence-corrected chi connectivity index (χ3v) is 5.40. The Bertz CT molecular complexity index is 962. The number of nitrogens with one attached hydrogen (secondary N) is 2. The third-order valence-electron chi connectivity index (χ3n) is 5.40. The number of aryl methyl sites for hydroxylation is 2. The summed E-state index contributed by atoms with van der Waals surface area (Å²) >= 11 is 0. The first-order valence-electron chi connectivity index (χ1n) is 10.0. The van der Waals surface area contributed by atoms with E-state index >= 15 is 0 Å². The Kier molecular flexibility index (Phi) is 5.71. The number of amides is 1. The monoisotopic (exact) mass is 394 g/mol. The molecule has 2 atom stereocenters. The first-order valence-corrected chi connectivity index (χ1v) is 10.0. The van der Waals surface area contributed by atoms with Gasteiger partial charge in [0.2, 0.25) is 5.91 Å². The van der Waals surface area contributed by atoms with Crippen molar-refractivity contribution in [3.05, 3.63) is 53.6 Å². The maximum absolute atomic E-state index is 12.7. The van der Waals surface area contributed by atoms with Gasteiger partial charge in [-0.3, -0.25) is 9.48 Å². The molecule has 0 saturated carbocycles. The van der Waals surface area contributed by atoms with Crippen LogP contribution in [0.2, 0.25) is 0 Å². The van der Waals surface area contributed by atoms with E-state index in [-0.39, 0.29) is 17.7 Å². The van der Waals surface area contributed by atoms with Gasteiger partial charge in [-0.05, 0) is 29.7 Å². The molecule has 8 nitrogen and oxygen atoms in total.